The summed E-state index contributed by atoms with van der Waals surface area (Å²) in [6.45, 7) is 0. The molecule has 8 nitrogen and oxygen atoms in total. The third kappa shape index (κ3) is 2.47. The molecule has 4 rings (SSSR count). The number of ketones is 2. The van der Waals surface area contributed by atoms with Gasteiger partial charge in [0.15, 0.2) is 0 Å². The lowest BCUT2D eigenvalue weighted by atomic mass is 9.81. The van der Waals surface area contributed by atoms with Gasteiger partial charge in [-0.05, 0) is 18.2 Å². The molecule has 0 heterocycles. The van der Waals surface area contributed by atoms with Gasteiger partial charge in [0.2, 0.25) is 11.6 Å². The minimum Gasteiger partial charge on any atom is -0.507 e. The van der Waals surface area contributed by atoms with E-state index in [-0.39, 0.29) is 22.4 Å². The van der Waals surface area contributed by atoms with Gasteiger partial charge in [0.1, 0.15) is 17.1 Å². The fraction of sp³-hybridized carbons (Fsp3) is 0. The van der Waals surface area contributed by atoms with Crippen LogP contribution in [-0.2, 0) is 0 Å². The van der Waals surface area contributed by atoms with Crippen LogP contribution in [0.1, 0.15) is 31.8 Å². The maximum atomic E-state index is 13.1. The molecule has 138 valence electrons. The number of phenolic OH excluding ortho intramolecular Hbond substituents is 2. The number of hydrogen-bond donors (Lipinski definition) is 3. The Hall–Kier alpha value is -4.20. The van der Waals surface area contributed by atoms with E-state index in [1.54, 1.807) is 30.3 Å². The number of carbonyl (C=O) groups excluding carboxylic acids is 2. The molecule has 0 atom stereocenters. The number of nitro benzene ring substituents is 1. The zero-order valence-corrected chi connectivity index (χ0v) is 14.2. The molecule has 1 aliphatic rings. The summed E-state index contributed by atoms with van der Waals surface area (Å²) in [5.74, 6) is -2.55. The van der Waals surface area contributed by atoms with Gasteiger partial charge in [0.05, 0.1) is 27.8 Å². The van der Waals surface area contributed by atoms with Crippen LogP contribution < -0.4 is 5.32 Å². The van der Waals surface area contributed by atoms with Crippen molar-refractivity contribution in [3.8, 4) is 11.5 Å². The van der Waals surface area contributed by atoms with E-state index >= 15 is 0 Å². The van der Waals surface area contributed by atoms with Crippen molar-refractivity contribution in [2.75, 3.05) is 5.32 Å². The first-order chi connectivity index (χ1) is 13.4. The summed E-state index contributed by atoms with van der Waals surface area (Å²) < 4.78 is 0. The van der Waals surface area contributed by atoms with Crippen LogP contribution in [0, 0.1) is 10.1 Å². The van der Waals surface area contributed by atoms with Gasteiger partial charge in [-0.1, -0.05) is 30.3 Å². The summed E-state index contributed by atoms with van der Waals surface area (Å²) in [7, 11) is 0. The van der Waals surface area contributed by atoms with Gasteiger partial charge in [-0.15, -0.1) is 0 Å². The number of fused-ring (bicyclic) bond motifs is 2. The van der Waals surface area contributed by atoms with Crippen LogP contribution >= 0.6 is 0 Å². The highest BCUT2D eigenvalue weighted by Gasteiger charge is 2.40. The van der Waals surface area contributed by atoms with Gasteiger partial charge >= 0.3 is 0 Å². The molecule has 3 aromatic rings. The Morgan fingerprint density at radius 3 is 2.21 bits per heavy atom. The largest absolute Gasteiger partial charge is 0.507 e. The Kier molecular flexibility index (Phi) is 3.82. The lowest BCUT2D eigenvalue weighted by Gasteiger charge is -2.22. The summed E-state index contributed by atoms with van der Waals surface area (Å²) in [6, 6.07) is 13.3. The number of rotatable bonds is 3. The number of benzene rings is 3. The van der Waals surface area contributed by atoms with Crippen molar-refractivity contribution in [3.63, 3.8) is 0 Å². The summed E-state index contributed by atoms with van der Waals surface area (Å²) in [6.07, 6.45) is 0. The van der Waals surface area contributed by atoms with Gasteiger partial charge in [0.25, 0.3) is 5.69 Å². The van der Waals surface area contributed by atoms with Gasteiger partial charge in [0, 0.05) is 11.3 Å². The number of aromatic hydroxyl groups is 2. The molecule has 0 radical (unpaired) electrons. The molecule has 0 aliphatic heterocycles. The van der Waals surface area contributed by atoms with E-state index < -0.39 is 39.2 Å². The van der Waals surface area contributed by atoms with E-state index in [1.165, 1.54) is 18.2 Å². The van der Waals surface area contributed by atoms with E-state index in [9.17, 15) is 29.9 Å². The number of para-hydroxylation sites is 1. The summed E-state index contributed by atoms with van der Waals surface area (Å²) in [4.78, 5) is 36.8. The van der Waals surface area contributed by atoms with Crippen LogP contribution in [0.3, 0.4) is 0 Å². The summed E-state index contributed by atoms with van der Waals surface area (Å²) >= 11 is 0. The Morgan fingerprint density at radius 2 is 1.54 bits per heavy atom. The highest BCUT2D eigenvalue weighted by Crippen LogP contribution is 2.44. The summed E-state index contributed by atoms with van der Waals surface area (Å²) in [5.41, 5.74) is -1.48. The van der Waals surface area contributed by atoms with Crippen molar-refractivity contribution in [1.29, 1.82) is 0 Å². The molecule has 0 aromatic heterocycles. The molecule has 3 aromatic carbocycles. The SMILES string of the molecule is O=C1c2cccc(O)c2C(=O)c2c(Nc3ccccc3)c(O)cc([N+](=O)[O-])c21. The highest BCUT2D eigenvalue weighted by molar-refractivity contribution is 6.32. The molecule has 0 spiro atoms. The fourth-order valence-corrected chi connectivity index (χ4v) is 3.28. The summed E-state index contributed by atoms with van der Waals surface area (Å²) in [5, 5.41) is 34.8. The molecule has 1 aliphatic carbocycles. The molecule has 8 heteroatoms. The standard InChI is InChI=1S/C20H12N2O6/c23-13-8-4-7-11-15(13)20(26)17-16(19(11)25)12(22(27)28)9-14(24)18(17)21-10-5-2-1-3-6-10/h1-9,21,23-24H. The highest BCUT2D eigenvalue weighted by atomic mass is 16.6. The molecule has 0 saturated heterocycles. The maximum Gasteiger partial charge on any atom is 0.285 e. The first kappa shape index (κ1) is 17.2. The first-order valence-corrected chi connectivity index (χ1v) is 8.18. The predicted octanol–water partition coefficient (Wildman–Crippen LogP) is 3.53. The molecule has 0 amide bonds. The Bertz CT molecular complexity index is 1170. The zero-order chi connectivity index (χ0) is 20.0. The van der Waals surface area contributed by atoms with E-state index in [0.717, 1.165) is 6.07 Å². The molecular formula is C20H12N2O6. The van der Waals surface area contributed by atoms with Crippen molar-refractivity contribution in [2.24, 2.45) is 0 Å². The number of nitro groups is 1. The van der Waals surface area contributed by atoms with Crippen molar-refractivity contribution in [2.45, 2.75) is 0 Å². The second-order valence-electron chi connectivity index (χ2n) is 6.15. The minimum atomic E-state index is -0.830. The molecule has 0 unspecified atom stereocenters. The van der Waals surface area contributed by atoms with Crippen LogP contribution in [-0.4, -0.2) is 26.7 Å². The molecule has 0 fully saturated rings. The van der Waals surface area contributed by atoms with E-state index in [1.807, 2.05) is 0 Å². The number of anilines is 2. The number of phenols is 2. The Morgan fingerprint density at radius 1 is 0.821 bits per heavy atom. The van der Waals surface area contributed by atoms with Crippen molar-refractivity contribution in [1.82, 2.24) is 0 Å². The Balaban J connectivity index is 2.04. The average Bonchev–Trinajstić information content (AvgIpc) is 2.67. The van der Waals surface area contributed by atoms with Crippen LogP contribution in [0.2, 0.25) is 0 Å². The predicted molar refractivity (Wildman–Crippen MR) is 99.5 cm³/mol. The van der Waals surface area contributed by atoms with Crippen LogP contribution in [0.25, 0.3) is 0 Å². The normalized spacial score (nSPS) is 12.3. The van der Waals surface area contributed by atoms with Gasteiger partial charge in [-0.2, -0.15) is 0 Å². The van der Waals surface area contributed by atoms with Crippen molar-refractivity contribution < 1.29 is 24.7 Å². The Labute approximate surface area is 157 Å². The monoisotopic (exact) mass is 376 g/mol. The van der Waals surface area contributed by atoms with E-state index in [4.69, 9.17) is 0 Å². The van der Waals surface area contributed by atoms with Gasteiger partial charge in [-0.3, -0.25) is 19.7 Å². The lowest BCUT2D eigenvalue weighted by molar-refractivity contribution is -0.385. The third-order valence-corrected chi connectivity index (χ3v) is 4.49. The number of carbonyl (C=O) groups is 2. The van der Waals surface area contributed by atoms with Gasteiger partial charge < -0.3 is 15.5 Å². The topological polar surface area (TPSA) is 130 Å². The van der Waals surface area contributed by atoms with E-state index in [0.29, 0.717) is 5.69 Å². The number of hydrogen-bond acceptors (Lipinski definition) is 7. The molecule has 0 bridgehead atoms. The molecule has 28 heavy (non-hydrogen) atoms. The molecule has 0 saturated carbocycles. The van der Waals surface area contributed by atoms with Crippen molar-refractivity contribution >= 4 is 28.6 Å². The molecule has 3 N–H and O–H groups in total. The minimum absolute atomic E-state index is 0.128. The zero-order valence-electron chi connectivity index (χ0n) is 14.2. The van der Waals surface area contributed by atoms with E-state index in [2.05, 4.69) is 5.32 Å². The fourth-order valence-electron chi connectivity index (χ4n) is 3.28. The second-order valence-corrected chi connectivity index (χ2v) is 6.15. The number of nitrogens with zero attached hydrogens (tertiary/aromatic N) is 1. The smallest absolute Gasteiger partial charge is 0.285 e. The maximum absolute atomic E-state index is 13.1. The molecular weight excluding hydrogens is 364 g/mol. The average molecular weight is 376 g/mol. The van der Waals surface area contributed by atoms with Crippen molar-refractivity contribution in [3.05, 3.63) is 87.0 Å². The number of nitrogens with one attached hydrogen (secondary N) is 1. The quantitative estimate of drug-likeness (QED) is 0.283. The first-order valence-electron chi connectivity index (χ1n) is 8.18. The van der Waals surface area contributed by atoms with Crippen LogP contribution in [0.15, 0.2) is 54.6 Å². The lowest BCUT2D eigenvalue weighted by Crippen LogP contribution is -2.23. The third-order valence-electron chi connectivity index (χ3n) is 4.49. The van der Waals surface area contributed by atoms with Gasteiger partial charge in [-0.25, -0.2) is 0 Å². The van der Waals surface area contributed by atoms with Crippen LogP contribution in [0.4, 0.5) is 17.1 Å². The van der Waals surface area contributed by atoms with Crippen LogP contribution in [0.5, 0.6) is 11.5 Å². The second kappa shape index (κ2) is 6.20.